The maximum Gasteiger partial charge on any atom is 0.139 e. The van der Waals surface area contributed by atoms with Crippen LogP contribution < -0.4 is 10.1 Å². The van der Waals surface area contributed by atoms with Gasteiger partial charge in [-0.1, -0.05) is 76.1 Å². The maximum absolute atomic E-state index is 9.79. The van der Waals surface area contributed by atoms with Crippen molar-refractivity contribution < 1.29 is 4.74 Å². The molecule has 0 amide bonds. The SMILES string of the molecule is COc1cc(Nc2c(C#N)cnc3cc(-c4cccc(CN5CCN(C)CC5I)c4)ccc23)c(Cl)cc1Cl. The summed E-state index contributed by atoms with van der Waals surface area (Å²) < 4.78 is 5.84. The molecule has 1 saturated heterocycles. The number of hydrogen-bond acceptors (Lipinski definition) is 6. The number of aromatic nitrogens is 1. The quantitative estimate of drug-likeness (QED) is 0.133. The molecule has 0 saturated carbocycles. The van der Waals surface area contributed by atoms with E-state index in [1.165, 1.54) is 5.56 Å². The zero-order valence-corrected chi connectivity index (χ0v) is 24.7. The predicted molar refractivity (Wildman–Crippen MR) is 164 cm³/mol. The van der Waals surface area contributed by atoms with E-state index in [1.807, 2.05) is 6.07 Å². The number of benzene rings is 3. The number of ether oxygens (including phenoxy) is 1. The van der Waals surface area contributed by atoms with Gasteiger partial charge in [-0.05, 0) is 41.9 Å². The maximum atomic E-state index is 9.79. The van der Waals surface area contributed by atoms with Crippen LogP contribution in [0.3, 0.4) is 0 Å². The molecule has 4 aromatic rings. The van der Waals surface area contributed by atoms with Crippen LogP contribution in [0.15, 0.2) is 60.8 Å². The number of hydrogen-bond donors (Lipinski definition) is 1. The second-order valence-electron chi connectivity index (χ2n) is 9.35. The number of pyridine rings is 1. The van der Waals surface area contributed by atoms with Gasteiger partial charge in [-0.3, -0.25) is 9.88 Å². The molecule has 3 aromatic carbocycles. The Hall–Kier alpha value is -2.61. The van der Waals surface area contributed by atoms with Crippen LogP contribution in [0.1, 0.15) is 11.1 Å². The normalized spacial score (nSPS) is 16.4. The molecule has 2 heterocycles. The predicted octanol–water partition coefficient (Wildman–Crippen LogP) is 7.34. The highest BCUT2D eigenvalue weighted by molar-refractivity contribution is 14.1. The molecule has 1 aliphatic rings. The molecule has 1 unspecified atom stereocenters. The van der Waals surface area contributed by atoms with E-state index >= 15 is 0 Å². The first-order chi connectivity index (χ1) is 18.4. The number of nitrogens with zero attached hydrogens (tertiary/aromatic N) is 4. The van der Waals surface area contributed by atoms with E-state index in [9.17, 15) is 5.26 Å². The molecule has 0 radical (unpaired) electrons. The van der Waals surface area contributed by atoms with Crippen molar-refractivity contribution in [1.29, 1.82) is 5.26 Å². The minimum absolute atomic E-state index is 0.414. The van der Waals surface area contributed by atoms with E-state index in [4.69, 9.17) is 27.9 Å². The van der Waals surface area contributed by atoms with Crippen molar-refractivity contribution in [2.45, 2.75) is 10.6 Å². The van der Waals surface area contributed by atoms with Crippen molar-refractivity contribution >= 4 is 68.1 Å². The Morgan fingerprint density at radius 1 is 1.11 bits per heavy atom. The number of fused-ring (bicyclic) bond motifs is 1. The van der Waals surface area contributed by atoms with Crippen LogP contribution in [0.2, 0.25) is 10.0 Å². The van der Waals surface area contributed by atoms with Crippen molar-refractivity contribution in [2.75, 3.05) is 39.1 Å². The Morgan fingerprint density at radius 2 is 1.92 bits per heavy atom. The lowest BCUT2D eigenvalue weighted by Crippen LogP contribution is -2.48. The fourth-order valence-electron chi connectivity index (χ4n) is 4.67. The number of methoxy groups -OCH3 is 1. The van der Waals surface area contributed by atoms with E-state index in [0.29, 0.717) is 36.8 Å². The van der Waals surface area contributed by atoms with Crippen molar-refractivity contribution in [3.63, 3.8) is 0 Å². The minimum atomic E-state index is 0.414. The molecular weight excluding hydrogens is 632 g/mol. The van der Waals surface area contributed by atoms with Gasteiger partial charge in [-0.15, -0.1) is 0 Å². The summed E-state index contributed by atoms with van der Waals surface area (Å²) in [5.74, 6) is 0.489. The molecule has 1 N–H and O–H groups in total. The molecular formula is C29H26Cl2IN5O. The van der Waals surface area contributed by atoms with Crippen LogP contribution >= 0.6 is 45.8 Å². The number of halogens is 3. The van der Waals surface area contributed by atoms with Crippen LogP contribution in [-0.2, 0) is 6.54 Å². The monoisotopic (exact) mass is 657 g/mol. The molecule has 1 fully saturated rings. The number of alkyl halides is 1. The van der Waals surface area contributed by atoms with Crippen molar-refractivity contribution in [3.8, 4) is 22.9 Å². The van der Waals surface area contributed by atoms with Gasteiger partial charge in [-0.2, -0.15) is 5.26 Å². The molecule has 1 aliphatic heterocycles. The van der Waals surface area contributed by atoms with Crippen molar-refractivity contribution in [3.05, 3.63) is 82.0 Å². The number of nitriles is 1. The highest BCUT2D eigenvalue weighted by Crippen LogP contribution is 2.38. The average molecular weight is 658 g/mol. The van der Waals surface area contributed by atoms with Gasteiger partial charge in [0.1, 0.15) is 11.8 Å². The smallest absolute Gasteiger partial charge is 0.139 e. The molecule has 0 spiro atoms. The van der Waals surface area contributed by atoms with Crippen molar-refractivity contribution in [2.24, 2.45) is 0 Å². The molecule has 38 heavy (non-hydrogen) atoms. The fraction of sp³-hybridized carbons (Fsp3) is 0.241. The molecule has 0 bridgehead atoms. The van der Waals surface area contributed by atoms with Crippen LogP contribution in [0.25, 0.3) is 22.0 Å². The summed E-state index contributed by atoms with van der Waals surface area (Å²) in [6.45, 7) is 4.15. The summed E-state index contributed by atoms with van der Waals surface area (Å²) in [5.41, 5.74) is 5.90. The second-order valence-corrected chi connectivity index (χ2v) is 11.6. The first kappa shape index (κ1) is 27.0. The molecule has 1 aromatic heterocycles. The highest BCUT2D eigenvalue weighted by atomic mass is 127. The van der Waals surface area contributed by atoms with Crippen molar-refractivity contribution in [1.82, 2.24) is 14.8 Å². The Balaban J connectivity index is 1.47. The zero-order valence-electron chi connectivity index (χ0n) is 21.0. The van der Waals surface area contributed by atoms with Gasteiger partial charge in [0.15, 0.2) is 0 Å². The number of piperazine rings is 1. The van der Waals surface area contributed by atoms with Gasteiger partial charge in [-0.25, -0.2) is 0 Å². The Bertz CT molecular complexity index is 1540. The van der Waals surface area contributed by atoms with E-state index in [2.05, 4.69) is 92.2 Å². The molecule has 0 aliphatic carbocycles. The summed E-state index contributed by atoms with van der Waals surface area (Å²) in [6.07, 6.45) is 1.58. The van der Waals surface area contributed by atoms with Gasteiger partial charge >= 0.3 is 0 Å². The summed E-state index contributed by atoms with van der Waals surface area (Å²) in [6, 6.07) is 20.4. The average Bonchev–Trinajstić information content (AvgIpc) is 2.91. The Morgan fingerprint density at radius 3 is 2.68 bits per heavy atom. The molecule has 1 atom stereocenters. The van der Waals surface area contributed by atoms with Crippen LogP contribution in [-0.4, -0.2) is 52.6 Å². The first-order valence-electron chi connectivity index (χ1n) is 12.1. The number of likely N-dealkylation sites (N-methyl/N-ethyl adjacent to an activating group) is 1. The lowest BCUT2D eigenvalue weighted by molar-refractivity contribution is 0.138. The van der Waals surface area contributed by atoms with E-state index in [-0.39, 0.29) is 0 Å². The third-order valence-corrected chi connectivity index (χ3v) is 8.55. The third-order valence-electron chi connectivity index (χ3n) is 6.76. The number of anilines is 2. The Kier molecular flexibility index (Phi) is 8.26. The highest BCUT2D eigenvalue weighted by Gasteiger charge is 2.22. The fourth-order valence-corrected chi connectivity index (χ4v) is 6.33. The van der Waals surface area contributed by atoms with Crippen LogP contribution in [0.4, 0.5) is 11.4 Å². The van der Waals surface area contributed by atoms with Gasteiger partial charge in [0.25, 0.3) is 0 Å². The molecule has 194 valence electrons. The largest absolute Gasteiger partial charge is 0.495 e. The second kappa shape index (κ2) is 11.6. The Labute approximate surface area is 246 Å². The lowest BCUT2D eigenvalue weighted by Gasteiger charge is -2.37. The van der Waals surface area contributed by atoms with E-state index in [0.717, 1.165) is 48.2 Å². The number of nitrogens with one attached hydrogen (secondary N) is 1. The molecule has 5 rings (SSSR count). The summed E-state index contributed by atoms with van der Waals surface area (Å²) >= 11 is 15.2. The molecule has 9 heteroatoms. The van der Waals surface area contributed by atoms with Gasteiger partial charge in [0.2, 0.25) is 0 Å². The number of rotatable bonds is 6. The lowest BCUT2D eigenvalue weighted by atomic mass is 10.00. The standard InChI is InChI=1S/C29H26Cl2IN5O/c1-36-8-9-37(28(32)17-36)16-18-4-3-5-19(10-18)20-6-7-22-25(11-20)34-15-21(14-33)29(22)35-26-13-27(38-2)24(31)12-23(26)30/h3-7,10-13,15,28H,8-9,16-17H2,1-2H3,(H,34,35). The molecule has 6 nitrogen and oxygen atoms in total. The summed E-state index contributed by atoms with van der Waals surface area (Å²) in [5, 5.41) is 14.8. The minimum Gasteiger partial charge on any atom is -0.495 e. The third kappa shape index (κ3) is 5.70. The van der Waals surface area contributed by atoms with Gasteiger partial charge in [0.05, 0.1) is 43.7 Å². The van der Waals surface area contributed by atoms with Crippen LogP contribution in [0, 0.1) is 11.3 Å². The van der Waals surface area contributed by atoms with Crippen LogP contribution in [0.5, 0.6) is 5.75 Å². The zero-order chi connectivity index (χ0) is 26.8. The topological polar surface area (TPSA) is 64.4 Å². The van der Waals surface area contributed by atoms with E-state index in [1.54, 1.807) is 25.4 Å². The van der Waals surface area contributed by atoms with E-state index < -0.39 is 0 Å². The van der Waals surface area contributed by atoms with Gasteiger partial charge < -0.3 is 15.0 Å². The van der Waals surface area contributed by atoms with Gasteiger partial charge in [0, 0.05) is 43.8 Å². The summed E-state index contributed by atoms with van der Waals surface area (Å²) in [7, 11) is 3.72. The summed E-state index contributed by atoms with van der Waals surface area (Å²) in [4.78, 5) is 9.50. The first-order valence-corrected chi connectivity index (χ1v) is 14.2.